The molecule has 2 aliphatic heterocycles. The zero-order valence-corrected chi connectivity index (χ0v) is 21.7. The molecule has 1 fully saturated rings. The largest absolute Gasteiger partial charge is 0.490 e. The van der Waals surface area contributed by atoms with Crippen molar-refractivity contribution in [2.45, 2.75) is 48.5 Å². The van der Waals surface area contributed by atoms with E-state index in [1.165, 1.54) is 4.31 Å². The monoisotopic (exact) mass is 568 g/mol. The van der Waals surface area contributed by atoms with Crippen LogP contribution in [0.15, 0.2) is 47.4 Å². The van der Waals surface area contributed by atoms with Gasteiger partial charge >= 0.3 is 12.1 Å². The van der Waals surface area contributed by atoms with Gasteiger partial charge in [-0.05, 0) is 47.2 Å². The molecule has 4 rings (SSSR count). The third-order valence-electron chi connectivity index (χ3n) is 6.41. The van der Waals surface area contributed by atoms with Gasteiger partial charge in [0.15, 0.2) is 0 Å². The van der Waals surface area contributed by atoms with E-state index in [4.69, 9.17) is 20.4 Å². The minimum atomic E-state index is -5.08. The highest BCUT2D eigenvalue weighted by Gasteiger charge is 2.38. The van der Waals surface area contributed by atoms with E-state index in [0.717, 1.165) is 22.3 Å². The molecule has 1 amide bonds. The Morgan fingerprint density at radius 1 is 1.18 bits per heavy atom. The van der Waals surface area contributed by atoms with E-state index in [0.29, 0.717) is 43.9 Å². The van der Waals surface area contributed by atoms with E-state index >= 15 is 0 Å². The quantitative estimate of drug-likeness (QED) is 0.494. The molecule has 210 valence electrons. The average molecular weight is 569 g/mol. The van der Waals surface area contributed by atoms with E-state index in [1.54, 1.807) is 19.2 Å². The minimum absolute atomic E-state index is 0.318. The molecule has 0 aliphatic carbocycles. The lowest BCUT2D eigenvalue weighted by atomic mass is 9.90. The Kier molecular flexibility index (Phi) is 9.01. The first kappa shape index (κ1) is 30.0. The van der Waals surface area contributed by atoms with Crippen LogP contribution in [0.5, 0.6) is 0 Å². The van der Waals surface area contributed by atoms with E-state index < -0.39 is 33.7 Å². The molecule has 0 aromatic heterocycles. The SMILES string of the molecule is CN1Cc2cc(-c3ccc(C[C@@H](C#N)NC(=O)C4(N)CCOCC4)cc3)ccc2S1(=O)=O.O=C(O)C(F)(F)F. The smallest absolute Gasteiger partial charge is 0.475 e. The van der Waals surface area contributed by atoms with Crippen molar-refractivity contribution in [2.24, 2.45) is 5.73 Å². The Balaban J connectivity index is 0.000000532. The highest BCUT2D eigenvalue weighted by atomic mass is 32.2. The van der Waals surface area contributed by atoms with Crippen molar-refractivity contribution >= 4 is 21.9 Å². The van der Waals surface area contributed by atoms with E-state index in [9.17, 15) is 31.6 Å². The molecule has 4 N–H and O–H groups in total. The van der Waals surface area contributed by atoms with Gasteiger partial charge in [-0.1, -0.05) is 30.3 Å². The number of hydrogen-bond acceptors (Lipinski definition) is 7. The molecule has 2 aromatic rings. The molecule has 0 bridgehead atoms. The molecule has 1 atom stereocenters. The molecule has 2 aromatic carbocycles. The number of carbonyl (C=O) groups is 2. The maximum atomic E-state index is 12.6. The Morgan fingerprint density at radius 2 is 1.74 bits per heavy atom. The minimum Gasteiger partial charge on any atom is -0.475 e. The standard InChI is InChI=1S/C23H26N4O4S.C2HF3O2/c1-27-15-19-13-18(6-7-21(19)32(27,29)30)17-4-2-16(3-5-17)12-20(14-24)26-22(28)23(25)8-10-31-11-9-23;3-2(4,5)1(6)7/h2-7,13,20H,8-12,15,25H2,1H3,(H,26,28);(H,6,7)/t20-;/m0./s1. The predicted molar refractivity (Wildman–Crippen MR) is 132 cm³/mol. The number of nitrogens with one attached hydrogen (secondary N) is 1. The average Bonchev–Trinajstić information content (AvgIpc) is 3.11. The number of sulfonamides is 1. The number of ether oxygens (including phenoxy) is 1. The van der Waals surface area contributed by atoms with Gasteiger partial charge in [-0.25, -0.2) is 13.2 Å². The number of aliphatic carboxylic acids is 1. The fourth-order valence-corrected chi connectivity index (χ4v) is 5.43. The third kappa shape index (κ3) is 7.12. The summed E-state index contributed by atoms with van der Waals surface area (Å²) >= 11 is 0. The number of carboxylic acids is 1. The molecular formula is C25H27F3N4O6S. The zero-order valence-electron chi connectivity index (χ0n) is 20.9. The first-order chi connectivity index (χ1) is 18.2. The fourth-order valence-electron chi connectivity index (χ4n) is 4.09. The van der Waals surface area contributed by atoms with Gasteiger partial charge in [0, 0.05) is 33.2 Å². The van der Waals surface area contributed by atoms with Crippen molar-refractivity contribution in [2.75, 3.05) is 20.3 Å². The van der Waals surface area contributed by atoms with E-state index in [-0.39, 0.29) is 5.91 Å². The molecule has 0 radical (unpaired) electrons. The Hall–Kier alpha value is -3.51. The number of hydrogen-bond donors (Lipinski definition) is 3. The summed E-state index contributed by atoms with van der Waals surface area (Å²) in [6.45, 7) is 1.24. The van der Waals surface area contributed by atoms with Crippen molar-refractivity contribution in [3.63, 3.8) is 0 Å². The zero-order chi connectivity index (χ0) is 29.0. The van der Waals surface area contributed by atoms with Crippen LogP contribution in [0.3, 0.4) is 0 Å². The second kappa shape index (κ2) is 11.7. The number of benzene rings is 2. The third-order valence-corrected chi connectivity index (χ3v) is 8.31. The number of carboxylic acid groups (broad SMARTS) is 1. The van der Waals surface area contributed by atoms with Crippen LogP contribution in [0.4, 0.5) is 13.2 Å². The second-order valence-electron chi connectivity index (χ2n) is 9.21. The number of rotatable bonds is 5. The summed E-state index contributed by atoms with van der Waals surface area (Å²) in [7, 11) is -1.80. The van der Waals surface area contributed by atoms with Crippen LogP contribution in [0, 0.1) is 11.3 Å². The maximum absolute atomic E-state index is 12.6. The highest BCUT2D eigenvalue weighted by Crippen LogP contribution is 2.32. The molecule has 39 heavy (non-hydrogen) atoms. The first-order valence-corrected chi connectivity index (χ1v) is 13.2. The summed E-state index contributed by atoms with van der Waals surface area (Å²) in [5, 5.41) is 19.4. The number of nitrogens with zero attached hydrogens (tertiary/aromatic N) is 2. The predicted octanol–water partition coefficient (Wildman–Crippen LogP) is 2.18. The van der Waals surface area contributed by atoms with Crippen LogP contribution in [0.1, 0.15) is 24.0 Å². The van der Waals surface area contributed by atoms with Crippen LogP contribution < -0.4 is 11.1 Å². The van der Waals surface area contributed by atoms with Gasteiger partial charge in [0.2, 0.25) is 15.9 Å². The topological polar surface area (TPSA) is 163 Å². The molecule has 10 nitrogen and oxygen atoms in total. The van der Waals surface area contributed by atoms with Crippen LogP contribution in [-0.4, -0.2) is 67.7 Å². The molecule has 1 saturated heterocycles. The lowest BCUT2D eigenvalue weighted by molar-refractivity contribution is -0.192. The summed E-state index contributed by atoms with van der Waals surface area (Å²) in [4.78, 5) is 21.8. The van der Waals surface area contributed by atoms with Crippen LogP contribution >= 0.6 is 0 Å². The second-order valence-corrected chi connectivity index (χ2v) is 11.2. The fraction of sp³-hybridized carbons (Fsp3) is 0.400. The number of alkyl halides is 3. The number of fused-ring (bicyclic) bond motifs is 1. The van der Waals surface area contributed by atoms with Gasteiger partial charge in [-0.15, -0.1) is 0 Å². The molecular weight excluding hydrogens is 541 g/mol. The summed E-state index contributed by atoms with van der Waals surface area (Å²) in [6, 6.07) is 14.5. The number of nitriles is 1. The van der Waals surface area contributed by atoms with Gasteiger partial charge in [0.25, 0.3) is 0 Å². The summed E-state index contributed by atoms with van der Waals surface area (Å²) in [6.07, 6.45) is -3.85. The molecule has 2 heterocycles. The Morgan fingerprint density at radius 3 is 2.28 bits per heavy atom. The van der Waals surface area contributed by atoms with Gasteiger partial charge < -0.3 is 20.9 Å². The maximum Gasteiger partial charge on any atom is 0.490 e. The van der Waals surface area contributed by atoms with Gasteiger partial charge in [-0.2, -0.15) is 22.7 Å². The van der Waals surface area contributed by atoms with Gasteiger partial charge in [-0.3, -0.25) is 4.79 Å². The number of halogens is 3. The van der Waals surface area contributed by atoms with Gasteiger partial charge in [0.1, 0.15) is 6.04 Å². The Bertz CT molecular complexity index is 1370. The lowest BCUT2D eigenvalue weighted by Gasteiger charge is -2.32. The molecule has 14 heteroatoms. The first-order valence-electron chi connectivity index (χ1n) is 11.7. The summed E-state index contributed by atoms with van der Waals surface area (Å²) < 4.78 is 62.9. The van der Waals surface area contributed by atoms with Crippen molar-refractivity contribution in [3.05, 3.63) is 53.6 Å². The van der Waals surface area contributed by atoms with Crippen molar-refractivity contribution in [1.82, 2.24) is 9.62 Å². The number of nitrogens with two attached hydrogens (primary N) is 1. The van der Waals surface area contributed by atoms with Gasteiger partial charge in [0.05, 0.1) is 16.5 Å². The van der Waals surface area contributed by atoms with E-state index in [1.807, 2.05) is 30.3 Å². The van der Waals surface area contributed by atoms with Crippen LogP contribution in [-0.2, 0) is 37.3 Å². The summed E-state index contributed by atoms with van der Waals surface area (Å²) in [5.41, 5.74) is 8.77. The van der Waals surface area contributed by atoms with E-state index in [2.05, 4.69) is 11.4 Å². The Labute approximate surface area is 223 Å². The lowest BCUT2D eigenvalue weighted by Crippen LogP contribution is -2.58. The molecule has 0 unspecified atom stereocenters. The van der Waals surface area contributed by atoms with Crippen LogP contribution in [0.2, 0.25) is 0 Å². The molecule has 0 spiro atoms. The normalized spacial score (nSPS) is 18.6. The van der Waals surface area contributed by atoms with Crippen molar-refractivity contribution in [3.8, 4) is 17.2 Å². The number of carbonyl (C=O) groups excluding carboxylic acids is 1. The highest BCUT2D eigenvalue weighted by molar-refractivity contribution is 7.89. The number of amides is 1. The summed E-state index contributed by atoms with van der Waals surface area (Å²) in [5.74, 6) is -3.07. The molecule has 2 aliphatic rings. The van der Waals surface area contributed by atoms with Crippen LogP contribution in [0.25, 0.3) is 11.1 Å². The van der Waals surface area contributed by atoms with Crippen molar-refractivity contribution < 1.29 is 41.0 Å². The van der Waals surface area contributed by atoms with Crippen molar-refractivity contribution in [1.29, 1.82) is 5.26 Å². The molecule has 0 saturated carbocycles.